The maximum Gasteiger partial charge on any atom is 0.276 e. The molecule has 0 saturated heterocycles. The van der Waals surface area contributed by atoms with Crippen LogP contribution in [0.4, 0.5) is 0 Å². The lowest BCUT2D eigenvalue weighted by Crippen LogP contribution is -2.30. The fraction of sp³-hybridized carbons (Fsp3) is 0.357. The van der Waals surface area contributed by atoms with Crippen molar-refractivity contribution in [2.24, 2.45) is 0 Å². The normalized spacial score (nSPS) is 12.0. The average molecular weight is 310 g/mol. The van der Waals surface area contributed by atoms with Gasteiger partial charge in [0.25, 0.3) is 10.0 Å². The highest BCUT2D eigenvalue weighted by molar-refractivity contribution is 7.89. The Labute approximate surface area is 124 Å². The van der Waals surface area contributed by atoms with Crippen molar-refractivity contribution in [1.29, 1.82) is 0 Å². The van der Waals surface area contributed by atoms with Gasteiger partial charge in [-0.15, -0.1) is 0 Å². The summed E-state index contributed by atoms with van der Waals surface area (Å²) in [6.07, 6.45) is 0. The zero-order chi connectivity index (χ0) is 15.5. The Hall–Kier alpha value is -1.70. The van der Waals surface area contributed by atoms with E-state index in [1.54, 1.807) is 13.0 Å². The Morgan fingerprint density at radius 3 is 2.62 bits per heavy atom. The molecule has 7 heteroatoms. The van der Waals surface area contributed by atoms with Gasteiger partial charge in [-0.3, -0.25) is 4.98 Å². The Balaban J connectivity index is 2.27. The SMILES string of the molecule is CCN(Cc1cccc(C)n1)S(=O)(=O)c1ccc(CO)o1. The van der Waals surface area contributed by atoms with Crippen LogP contribution in [0.5, 0.6) is 0 Å². The molecule has 21 heavy (non-hydrogen) atoms. The Morgan fingerprint density at radius 2 is 2.05 bits per heavy atom. The number of nitrogens with zero attached hydrogens (tertiary/aromatic N) is 2. The molecule has 0 amide bonds. The topological polar surface area (TPSA) is 83.6 Å². The van der Waals surface area contributed by atoms with Gasteiger partial charge in [-0.05, 0) is 31.2 Å². The van der Waals surface area contributed by atoms with Crippen molar-refractivity contribution in [1.82, 2.24) is 9.29 Å². The van der Waals surface area contributed by atoms with Gasteiger partial charge in [-0.1, -0.05) is 13.0 Å². The summed E-state index contributed by atoms with van der Waals surface area (Å²) in [5, 5.41) is 8.80. The van der Waals surface area contributed by atoms with Crippen molar-refractivity contribution in [2.75, 3.05) is 6.54 Å². The van der Waals surface area contributed by atoms with Crippen LogP contribution >= 0.6 is 0 Å². The number of furan rings is 1. The number of aryl methyl sites for hydroxylation is 1. The number of rotatable bonds is 6. The smallest absolute Gasteiger partial charge is 0.276 e. The van der Waals surface area contributed by atoms with E-state index in [1.807, 2.05) is 19.1 Å². The van der Waals surface area contributed by atoms with E-state index in [4.69, 9.17) is 9.52 Å². The van der Waals surface area contributed by atoms with Crippen LogP contribution in [0.2, 0.25) is 0 Å². The van der Waals surface area contributed by atoms with Crippen molar-refractivity contribution >= 4 is 10.0 Å². The second kappa shape index (κ2) is 6.38. The fourth-order valence-corrected chi connectivity index (χ4v) is 3.29. The Kier molecular flexibility index (Phi) is 4.76. The van der Waals surface area contributed by atoms with Crippen LogP contribution in [0.25, 0.3) is 0 Å². The second-order valence-electron chi connectivity index (χ2n) is 4.58. The molecule has 0 spiro atoms. The zero-order valence-corrected chi connectivity index (χ0v) is 12.8. The molecule has 2 heterocycles. The minimum absolute atomic E-state index is 0.166. The third-order valence-corrected chi connectivity index (χ3v) is 4.82. The lowest BCUT2D eigenvalue weighted by atomic mass is 10.3. The molecule has 0 fully saturated rings. The van der Waals surface area contributed by atoms with E-state index >= 15 is 0 Å². The van der Waals surface area contributed by atoms with E-state index in [2.05, 4.69) is 4.98 Å². The number of aromatic nitrogens is 1. The van der Waals surface area contributed by atoms with Crippen LogP contribution < -0.4 is 0 Å². The van der Waals surface area contributed by atoms with Crippen LogP contribution in [0, 0.1) is 6.92 Å². The van der Waals surface area contributed by atoms with Gasteiger partial charge in [0, 0.05) is 12.2 Å². The molecular formula is C14H18N2O4S. The molecule has 2 aromatic heterocycles. The highest BCUT2D eigenvalue weighted by Crippen LogP contribution is 2.20. The maximum absolute atomic E-state index is 12.5. The van der Waals surface area contributed by atoms with Gasteiger partial charge in [0.15, 0.2) is 0 Å². The van der Waals surface area contributed by atoms with Gasteiger partial charge >= 0.3 is 0 Å². The van der Waals surface area contributed by atoms with Crippen LogP contribution in [-0.2, 0) is 23.2 Å². The molecular weight excluding hydrogens is 292 g/mol. The summed E-state index contributed by atoms with van der Waals surface area (Å²) in [6.45, 7) is 3.75. The van der Waals surface area contributed by atoms with Crippen LogP contribution in [0.3, 0.4) is 0 Å². The van der Waals surface area contributed by atoms with Gasteiger partial charge in [0.05, 0.1) is 12.2 Å². The molecule has 0 unspecified atom stereocenters. The fourth-order valence-electron chi connectivity index (χ4n) is 1.94. The zero-order valence-electron chi connectivity index (χ0n) is 12.0. The average Bonchev–Trinajstić information content (AvgIpc) is 2.94. The standard InChI is InChI=1S/C14H18N2O4S/c1-3-16(9-12-6-4-5-11(2)15-12)21(18,19)14-8-7-13(10-17)20-14/h4-8,17H,3,9-10H2,1-2H3. The van der Waals surface area contributed by atoms with E-state index in [0.29, 0.717) is 12.2 Å². The first-order valence-electron chi connectivity index (χ1n) is 6.59. The molecule has 1 N–H and O–H groups in total. The number of aliphatic hydroxyl groups is 1. The Bertz CT molecular complexity index is 709. The van der Waals surface area contributed by atoms with Crippen LogP contribution in [0.1, 0.15) is 24.1 Å². The number of pyridine rings is 1. The highest BCUT2D eigenvalue weighted by Gasteiger charge is 2.27. The minimum atomic E-state index is -3.74. The molecule has 6 nitrogen and oxygen atoms in total. The first-order valence-corrected chi connectivity index (χ1v) is 8.03. The minimum Gasteiger partial charge on any atom is -0.446 e. The van der Waals surface area contributed by atoms with Crippen molar-refractivity contribution in [2.45, 2.75) is 32.1 Å². The van der Waals surface area contributed by atoms with Crippen molar-refractivity contribution < 1.29 is 17.9 Å². The monoisotopic (exact) mass is 310 g/mol. The lowest BCUT2D eigenvalue weighted by molar-refractivity contribution is 0.235. The van der Waals surface area contributed by atoms with Crippen molar-refractivity contribution in [3.05, 3.63) is 47.5 Å². The molecule has 2 rings (SSSR count). The Morgan fingerprint density at radius 1 is 1.29 bits per heavy atom. The van der Waals surface area contributed by atoms with Gasteiger partial charge in [0.2, 0.25) is 5.09 Å². The summed E-state index contributed by atoms with van der Waals surface area (Å²) in [5.74, 6) is 0.221. The van der Waals surface area contributed by atoms with Gasteiger partial charge in [-0.2, -0.15) is 4.31 Å². The molecule has 0 bridgehead atoms. The third kappa shape index (κ3) is 3.49. The first kappa shape index (κ1) is 15.7. The first-order chi connectivity index (χ1) is 9.97. The van der Waals surface area contributed by atoms with E-state index in [9.17, 15) is 8.42 Å². The third-order valence-electron chi connectivity index (χ3n) is 3.02. The molecule has 0 atom stereocenters. The summed E-state index contributed by atoms with van der Waals surface area (Å²) in [6, 6.07) is 8.29. The predicted octanol–water partition coefficient (Wildman–Crippen LogP) is 1.69. The van der Waals surface area contributed by atoms with Crippen molar-refractivity contribution in [3.63, 3.8) is 0 Å². The summed E-state index contributed by atoms with van der Waals surface area (Å²) < 4.78 is 31.4. The highest BCUT2D eigenvalue weighted by atomic mass is 32.2. The predicted molar refractivity (Wildman–Crippen MR) is 76.9 cm³/mol. The van der Waals surface area contributed by atoms with E-state index in [1.165, 1.54) is 16.4 Å². The largest absolute Gasteiger partial charge is 0.446 e. The van der Waals surface area contributed by atoms with E-state index < -0.39 is 10.0 Å². The summed E-state index contributed by atoms with van der Waals surface area (Å²) in [7, 11) is -3.74. The van der Waals surface area contributed by atoms with Crippen LogP contribution in [0.15, 0.2) is 39.8 Å². The van der Waals surface area contributed by atoms with Gasteiger partial charge in [-0.25, -0.2) is 8.42 Å². The number of sulfonamides is 1. The molecule has 0 aliphatic rings. The second-order valence-corrected chi connectivity index (χ2v) is 6.45. The number of aliphatic hydroxyl groups excluding tert-OH is 1. The summed E-state index contributed by atoms with van der Waals surface area (Å²) >= 11 is 0. The molecule has 114 valence electrons. The molecule has 0 saturated carbocycles. The molecule has 0 aromatic carbocycles. The summed E-state index contributed by atoms with van der Waals surface area (Å²) in [5.41, 5.74) is 1.51. The molecule has 0 aliphatic heterocycles. The van der Waals surface area contributed by atoms with Crippen LogP contribution in [-0.4, -0.2) is 29.4 Å². The van der Waals surface area contributed by atoms with E-state index in [-0.39, 0.29) is 24.0 Å². The maximum atomic E-state index is 12.5. The lowest BCUT2D eigenvalue weighted by Gasteiger charge is -2.18. The molecule has 0 aliphatic carbocycles. The number of hydrogen-bond acceptors (Lipinski definition) is 5. The summed E-state index contributed by atoms with van der Waals surface area (Å²) in [4.78, 5) is 4.31. The van der Waals surface area contributed by atoms with E-state index in [0.717, 1.165) is 5.69 Å². The van der Waals surface area contributed by atoms with Crippen molar-refractivity contribution in [3.8, 4) is 0 Å². The quantitative estimate of drug-likeness (QED) is 0.877. The molecule has 0 radical (unpaired) electrons. The number of hydrogen-bond donors (Lipinski definition) is 1. The van der Waals surface area contributed by atoms with Gasteiger partial charge in [0.1, 0.15) is 12.4 Å². The van der Waals surface area contributed by atoms with Gasteiger partial charge < -0.3 is 9.52 Å². The molecule has 2 aromatic rings.